The van der Waals surface area contributed by atoms with Gasteiger partial charge in [0.2, 0.25) is 5.91 Å². The number of rotatable bonds is 10. The quantitative estimate of drug-likeness (QED) is 0.403. The minimum Gasteiger partial charge on any atom is -0.341 e. The largest absolute Gasteiger partial charge is 0.341 e. The third-order valence-electron chi connectivity index (χ3n) is 8.39. The molecule has 4 rings (SSSR count). The molecule has 0 bridgehead atoms. The Hall–Kier alpha value is -3.63. The minimum absolute atomic E-state index is 0.0199. The fourth-order valence-electron chi connectivity index (χ4n) is 6.22. The molecular weight excluding hydrogens is 549 g/mol. The van der Waals surface area contributed by atoms with Crippen LogP contribution in [-0.2, 0) is 11.2 Å². The lowest BCUT2D eigenvalue weighted by Gasteiger charge is -2.43. The van der Waals surface area contributed by atoms with Crippen molar-refractivity contribution >= 4 is 29.2 Å². The van der Waals surface area contributed by atoms with Crippen molar-refractivity contribution in [3.05, 3.63) is 65.0 Å². The number of benzene rings is 2. The lowest BCUT2D eigenvalue weighted by molar-refractivity contribution is -0.134. The number of halogens is 1. The molecule has 3 amide bonds. The number of urea groups is 1. The van der Waals surface area contributed by atoms with Crippen LogP contribution in [0.15, 0.2) is 42.5 Å². The molecule has 2 aliphatic rings. The predicted octanol–water partition coefficient (Wildman–Crippen LogP) is 4.09. The number of ketones is 2. The molecule has 0 aromatic heterocycles. The zero-order valence-electron chi connectivity index (χ0n) is 25.7. The van der Waals surface area contributed by atoms with Crippen molar-refractivity contribution < 1.29 is 23.6 Å². The van der Waals surface area contributed by atoms with Crippen LogP contribution in [0.5, 0.6) is 0 Å². The maximum Gasteiger partial charge on any atom is 0.319 e. The topological polar surface area (TPSA) is 102 Å². The zero-order chi connectivity index (χ0) is 31.1. The van der Waals surface area contributed by atoms with Crippen molar-refractivity contribution in [2.24, 2.45) is 11.8 Å². The summed E-state index contributed by atoms with van der Waals surface area (Å²) in [5.41, 5.74) is 2.22. The average Bonchev–Trinajstić information content (AvgIpc) is 2.94. The van der Waals surface area contributed by atoms with Crippen LogP contribution < -0.4 is 10.6 Å². The zero-order valence-corrected chi connectivity index (χ0v) is 25.7. The highest BCUT2D eigenvalue weighted by Crippen LogP contribution is 2.25. The molecule has 232 valence electrons. The number of likely N-dealkylation sites (N-methyl/N-ethyl adjacent to an activating group) is 1. The summed E-state index contributed by atoms with van der Waals surface area (Å²) < 4.78 is 13.4. The fraction of sp³-hybridized carbons (Fsp3) is 0.515. The summed E-state index contributed by atoms with van der Waals surface area (Å²) in [6.07, 6.45) is 3.68. The molecule has 0 radical (unpaired) electrons. The van der Waals surface area contributed by atoms with Crippen LogP contribution in [0.1, 0.15) is 59.4 Å². The number of anilines is 1. The number of piperidine rings is 2. The normalized spacial score (nSPS) is 21.0. The average molecular weight is 594 g/mol. The van der Waals surface area contributed by atoms with E-state index in [4.69, 9.17) is 0 Å². The van der Waals surface area contributed by atoms with E-state index in [2.05, 4.69) is 15.5 Å². The van der Waals surface area contributed by atoms with E-state index in [1.807, 2.05) is 36.0 Å². The lowest BCUT2D eigenvalue weighted by atomic mass is 9.88. The third kappa shape index (κ3) is 9.43. The van der Waals surface area contributed by atoms with Gasteiger partial charge in [-0.3, -0.25) is 14.4 Å². The van der Waals surface area contributed by atoms with Gasteiger partial charge in [0.1, 0.15) is 5.82 Å². The van der Waals surface area contributed by atoms with Gasteiger partial charge < -0.3 is 25.3 Å². The first-order chi connectivity index (χ1) is 20.5. The summed E-state index contributed by atoms with van der Waals surface area (Å²) in [4.78, 5) is 56.4. The second-order valence-corrected chi connectivity index (χ2v) is 12.3. The van der Waals surface area contributed by atoms with E-state index < -0.39 is 6.03 Å². The van der Waals surface area contributed by atoms with Gasteiger partial charge in [-0.1, -0.05) is 12.1 Å². The Labute approximate surface area is 253 Å². The van der Waals surface area contributed by atoms with E-state index in [-0.39, 0.29) is 35.3 Å². The SMILES string of the molecule is CC(=O)c1cc(NC(=O)N[C@@H]2CCN(C(=O)CN(C)C)C[C@H]2CN2CCC[C@@H](Cc3ccc(F)cc3)C2)cc(C(C)=O)c1. The highest BCUT2D eigenvalue weighted by Gasteiger charge is 2.35. The Morgan fingerprint density at radius 1 is 0.930 bits per heavy atom. The number of amides is 3. The Kier molecular flexibility index (Phi) is 11.0. The van der Waals surface area contributed by atoms with Gasteiger partial charge in [0.15, 0.2) is 11.6 Å². The van der Waals surface area contributed by atoms with Crippen molar-refractivity contribution in [2.45, 2.75) is 45.6 Å². The van der Waals surface area contributed by atoms with E-state index in [0.717, 1.165) is 44.5 Å². The molecule has 2 aliphatic heterocycles. The summed E-state index contributed by atoms with van der Waals surface area (Å²) >= 11 is 0. The molecule has 0 saturated carbocycles. The van der Waals surface area contributed by atoms with Crippen molar-refractivity contribution in [3.63, 3.8) is 0 Å². The first kappa shape index (κ1) is 32.3. The maximum absolute atomic E-state index is 13.4. The summed E-state index contributed by atoms with van der Waals surface area (Å²) in [6.45, 7) is 6.87. The Morgan fingerprint density at radius 2 is 1.60 bits per heavy atom. The number of nitrogens with zero attached hydrogens (tertiary/aromatic N) is 3. The van der Waals surface area contributed by atoms with Gasteiger partial charge in [-0.05, 0) is 102 Å². The summed E-state index contributed by atoms with van der Waals surface area (Å²) in [6, 6.07) is 10.8. The van der Waals surface area contributed by atoms with Crippen molar-refractivity contribution in [2.75, 3.05) is 58.7 Å². The van der Waals surface area contributed by atoms with E-state index in [9.17, 15) is 23.6 Å². The molecule has 9 nitrogen and oxygen atoms in total. The first-order valence-electron chi connectivity index (χ1n) is 15.1. The number of Topliss-reactive ketones (excluding diaryl/α,β-unsaturated/α-hetero) is 2. The van der Waals surface area contributed by atoms with Gasteiger partial charge in [0.05, 0.1) is 6.54 Å². The molecule has 0 unspecified atom stereocenters. The van der Waals surface area contributed by atoms with Crippen LogP contribution in [0.25, 0.3) is 0 Å². The molecule has 2 fully saturated rings. The molecule has 0 spiro atoms. The number of carbonyl (C=O) groups is 4. The number of hydrogen-bond donors (Lipinski definition) is 2. The number of hydrogen-bond acceptors (Lipinski definition) is 6. The van der Waals surface area contributed by atoms with Gasteiger partial charge in [-0.25, -0.2) is 9.18 Å². The Balaban J connectivity index is 1.45. The van der Waals surface area contributed by atoms with Crippen molar-refractivity contribution in [1.82, 2.24) is 20.0 Å². The molecule has 2 N–H and O–H groups in total. The second kappa shape index (κ2) is 14.7. The van der Waals surface area contributed by atoms with Crippen LogP contribution in [0, 0.1) is 17.7 Å². The minimum atomic E-state index is -0.411. The standard InChI is InChI=1S/C33H44FN5O4/c1-22(40)26-15-27(23(2)41)17-30(16-26)35-33(43)36-31-11-13-39(32(42)21-37(3)4)20-28(31)19-38-12-5-6-25(18-38)14-24-7-9-29(34)10-8-24/h7-10,15-17,25,28,31H,5-6,11-14,18-21H2,1-4H3,(H2,35,36,43)/t25-,28+,31+/m0/s1. The summed E-state index contributed by atoms with van der Waals surface area (Å²) in [5, 5.41) is 5.95. The van der Waals surface area contributed by atoms with E-state index in [0.29, 0.717) is 48.8 Å². The van der Waals surface area contributed by atoms with Crippen LogP contribution in [0.3, 0.4) is 0 Å². The molecule has 43 heavy (non-hydrogen) atoms. The van der Waals surface area contributed by atoms with E-state index >= 15 is 0 Å². The van der Waals surface area contributed by atoms with E-state index in [1.54, 1.807) is 12.1 Å². The molecule has 2 heterocycles. The van der Waals surface area contributed by atoms with Gasteiger partial charge >= 0.3 is 6.03 Å². The monoisotopic (exact) mass is 593 g/mol. The Bertz CT molecular complexity index is 1280. The Morgan fingerprint density at radius 3 is 2.23 bits per heavy atom. The summed E-state index contributed by atoms with van der Waals surface area (Å²) in [5.74, 6) is -0.0718. The highest BCUT2D eigenvalue weighted by atomic mass is 19.1. The van der Waals surface area contributed by atoms with Crippen LogP contribution in [0.4, 0.5) is 14.9 Å². The molecule has 2 aromatic carbocycles. The van der Waals surface area contributed by atoms with Gasteiger partial charge in [-0.15, -0.1) is 0 Å². The second-order valence-electron chi connectivity index (χ2n) is 12.3. The fourth-order valence-corrected chi connectivity index (χ4v) is 6.22. The lowest BCUT2D eigenvalue weighted by Crippen LogP contribution is -2.57. The highest BCUT2D eigenvalue weighted by molar-refractivity contribution is 6.02. The van der Waals surface area contributed by atoms with E-state index in [1.165, 1.54) is 32.0 Å². The molecule has 2 aromatic rings. The third-order valence-corrected chi connectivity index (χ3v) is 8.39. The van der Waals surface area contributed by atoms with Crippen LogP contribution in [0.2, 0.25) is 0 Å². The molecule has 10 heteroatoms. The number of nitrogens with one attached hydrogen (secondary N) is 2. The molecule has 3 atom stereocenters. The van der Waals surface area contributed by atoms with Crippen LogP contribution in [-0.4, -0.2) is 97.6 Å². The van der Waals surface area contributed by atoms with Crippen LogP contribution >= 0.6 is 0 Å². The van der Waals surface area contributed by atoms with Gasteiger partial charge in [0.25, 0.3) is 0 Å². The number of carbonyl (C=O) groups excluding carboxylic acids is 4. The van der Waals surface area contributed by atoms with Gasteiger partial charge in [0, 0.05) is 55.0 Å². The first-order valence-corrected chi connectivity index (χ1v) is 15.1. The molecule has 2 saturated heterocycles. The smallest absolute Gasteiger partial charge is 0.319 e. The van der Waals surface area contributed by atoms with Crippen molar-refractivity contribution in [3.8, 4) is 0 Å². The molecule has 0 aliphatic carbocycles. The predicted molar refractivity (Wildman–Crippen MR) is 165 cm³/mol. The summed E-state index contributed by atoms with van der Waals surface area (Å²) in [7, 11) is 3.75. The maximum atomic E-state index is 13.4. The number of likely N-dealkylation sites (tertiary alicyclic amines) is 2. The van der Waals surface area contributed by atoms with Gasteiger partial charge in [-0.2, -0.15) is 0 Å². The molecular formula is C33H44FN5O4. The van der Waals surface area contributed by atoms with Crippen molar-refractivity contribution in [1.29, 1.82) is 0 Å².